The molecule has 0 fully saturated rings. The number of rotatable bonds is 7. The standard InChI is InChI=1S/C15H21NO4/c1-2-3-4-11(16)15(18)12(17)7-10-5-6-13-14(8-10)20-9-19-13/h5-6,8,11,15,18H,2-4,7,9,16H2,1H3/t11-,15-/m0/s1. The summed E-state index contributed by atoms with van der Waals surface area (Å²) in [6.07, 6.45) is 1.61. The molecule has 2 rings (SSSR count). The zero-order valence-corrected chi connectivity index (χ0v) is 11.7. The van der Waals surface area contributed by atoms with Gasteiger partial charge in [0.2, 0.25) is 6.79 Å². The molecule has 0 bridgehead atoms. The Morgan fingerprint density at radius 1 is 1.40 bits per heavy atom. The van der Waals surface area contributed by atoms with Crippen LogP contribution in [0.3, 0.4) is 0 Å². The summed E-state index contributed by atoms with van der Waals surface area (Å²) < 4.78 is 10.5. The van der Waals surface area contributed by atoms with Crippen molar-refractivity contribution < 1.29 is 19.4 Å². The molecule has 2 atom stereocenters. The lowest BCUT2D eigenvalue weighted by atomic mass is 9.97. The van der Waals surface area contributed by atoms with E-state index in [2.05, 4.69) is 0 Å². The minimum atomic E-state index is -1.10. The molecular formula is C15H21NO4. The SMILES string of the molecule is CCCC[C@H](N)[C@H](O)C(=O)Cc1ccc2c(c1)OCO2. The van der Waals surface area contributed by atoms with Crippen molar-refractivity contribution in [2.24, 2.45) is 5.73 Å². The van der Waals surface area contributed by atoms with E-state index in [-0.39, 0.29) is 19.0 Å². The van der Waals surface area contributed by atoms with E-state index < -0.39 is 12.1 Å². The fraction of sp³-hybridized carbons (Fsp3) is 0.533. The van der Waals surface area contributed by atoms with Crippen LogP contribution in [0.25, 0.3) is 0 Å². The van der Waals surface area contributed by atoms with E-state index >= 15 is 0 Å². The number of aliphatic hydroxyl groups is 1. The van der Waals surface area contributed by atoms with E-state index in [0.717, 1.165) is 18.4 Å². The average molecular weight is 279 g/mol. The first-order valence-corrected chi connectivity index (χ1v) is 6.96. The zero-order valence-electron chi connectivity index (χ0n) is 11.7. The fourth-order valence-corrected chi connectivity index (χ4v) is 2.19. The quantitative estimate of drug-likeness (QED) is 0.788. The van der Waals surface area contributed by atoms with Crippen LogP contribution in [-0.4, -0.2) is 29.8 Å². The minimum Gasteiger partial charge on any atom is -0.454 e. The van der Waals surface area contributed by atoms with Crippen LogP contribution in [0.2, 0.25) is 0 Å². The van der Waals surface area contributed by atoms with Crippen molar-refractivity contribution in [3.8, 4) is 11.5 Å². The summed E-state index contributed by atoms with van der Waals surface area (Å²) in [4.78, 5) is 12.0. The maximum Gasteiger partial charge on any atom is 0.231 e. The molecular weight excluding hydrogens is 258 g/mol. The van der Waals surface area contributed by atoms with Crippen molar-refractivity contribution in [1.82, 2.24) is 0 Å². The van der Waals surface area contributed by atoms with Gasteiger partial charge in [-0.2, -0.15) is 0 Å². The number of hydrogen-bond donors (Lipinski definition) is 2. The minimum absolute atomic E-state index is 0.150. The molecule has 0 aromatic heterocycles. The first-order valence-electron chi connectivity index (χ1n) is 6.96. The Morgan fingerprint density at radius 3 is 2.90 bits per heavy atom. The second kappa shape index (κ2) is 6.72. The van der Waals surface area contributed by atoms with Crippen LogP contribution in [0.4, 0.5) is 0 Å². The van der Waals surface area contributed by atoms with Gasteiger partial charge in [0.05, 0.1) is 0 Å². The maximum atomic E-state index is 12.0. The van der Waals surface area contributed by atoms with Crippen LogP contribution in [0.15, 0.2) is 18.2 Å². The third-order valence-electron chi connectivity index (χ3n) is 3.44. The second-order valence-electron chi connectivity index (χ2n) is 5.08. The molecule has 0 radical (unpaired) electrons. The Morgan fingerprint density at radius 2 is 2.15 bits per heavy atom. The summed E-state index contributed by atoms with van der Waals surface area (Å²) >= 11 is 0. The first-order chi connectivity index (χ1) is 9.61. The number of ether oxygens (including phenoxy) is 2. The third kappa shape index (κ3) is 3.49. The summed E-state index contributed by atoms with van der Waals surface area (Å²) in [5.74, 6) is 1.06. The number of fused-ring (bicyclic) bond motifs is 1. The lowest BCUT2D eigenvalue weighted by molar-refractivity contribution is -0.127. The van der Waals surface area contributed by atoms with E-state index in [1.54, 1.807) is 18.2 Å². The molecule has 1 heterocycles. The number of Topliss-reactive ketones (excluding diaryl/α,β-unsaturated/α-hetero) is 1. The molecule has 0 spiro atoms. The van der Waals surface area contributed by atoms with E-state index in [1.165, 1.54) is 0 Å². The van der Waals surface area contributed by atoms with Crippen molar-refractivity contribution in [3.63, 3.8) is 0 Å². The molecule has 0 saturated heterocycles. The number of ketones is 1. The topological polar surface area (TPSA) is 81.8 Å². The molecule has 3 N–H and O–H groups in total. The van der Waals surface area contributed by atoms with Gasteiger partial charge in [0.25, 0.3) is 0 Å². The van der Waals surface area contributed by atoms with Gasteiger partial charge in [-0.05, 0) is 24.1 Å². The average Bonchev–Trinajstić information content (AvgIpc) is 2.91. The van der Waals surface area contributed by atoms with Gasteiger partial charge in [0.1, 0.15) is 6.10 Å². The van der Waals surface area contributed by atoms with Crippen molar-refractivity contribution in [3.05, 3.63) is 23.8 Å². The molecule has 5 nitrogen and oxygen atoms in total. The molecule has 0 unspecified atom stereocenters. The van der Waals surface area contributed by atoms with E-state index in [1.807, 2.05) is 6.92 Å². The van der Waals surface area contributed by atoms with Gasteiger partial charge in [0, 0.05) is 12.5 Å². The summed E-state index contributed by atoms with van der Waals surface area (Å²) in [7, 11) is 0. The number of carbonyl (C=O) groups is 1. The predicted molar refractivity (Wildman–Crippen MR) is 74.8 cm³/mol. The Labute approximate surface area is 118 Å². The first kappa shape index (κ1) is 14.8. The molecule has 1 aromatic rings. The van der Waals surface area contributed by atoms with E-state index in [4.69, 9.17) is 15.2 Å². The van der Waals surface area contributed by atoms with Gasteiger partial charge in [-0.15, -0.1) is 0 Å². The number of nitrogens with two attached hydrogens (primary N) is 1. The summed E-state index contributed by atoms with van der Waals surface area (Å²) in [6, 6.07) is 4.85. The number of unbranched alkanes of at least 4 members (excludes halogenated alkanes) is 1. The van der Waals surface area contributed by atoms with Crippen molar-refractivity contribution in [2.75, 3.05) is 6.79 Å². The summed E-state index contributed by atoms with van der Waals surface area (Å²) in [6.45, 7) is 2.25. The largest absolute Gasteiger partial charge is 0.454 e. The van der Waals surface area contributed by atoms with Crippen LogP contribution in [-0.2, 0) is 11.2 Å². The Bertz CT molecular complexity index is 475. The fourth-order valence-electron chi connectivity index (χ4n) is 2.19. The monoisotopic (exact) mass is 279 g/mol. The van der Waals surface area contributed by atoms with Gasteiger partial charge in [-0.3, -0.25) is 4.79 Å². The molecule has 1 aliphatic heterocycles. The summed E-state index contributed by atoms with van der Waals surface area (Å²) in [5, 5.41) is 9.94. The Hall–Kier alpha value is -1.59. The molecule has 5 heteroatoms. The Kier molecular flexibility index (Phi) is 4.98. The third-order valence-corrected chi connectivity index (χ3v) is 3.44. The smallest absolute Gasteiger partial charge is 0.231 e. The van der Waals surface area contributed by atoms with Crippen LogP contribution in [0.5, 0.6) is 11.5 Å². The van der Waals surface area contributed by atoms with Crippen molar-refractivity contribution in [2.45, 2.75) is 44.8 Å². The lowest BCUT2D eigenvalue weighted by Gasteiger charge is -2.17. The molecule has 0 amide bonds. The van der Waals surface area contributed by atoms with Crippen LogP contribution >= 0.6 is 0 Å². The lowest BCUT2D eigenvalue weighted by Crippen LogP contribution is -2.41. The van der Waals surface area contributed by atoms with Gasteiger partial charge in [-0.25, -0.2) is 0 Å². The number of aliphatic hydroxyl groups excluding tert-OH is 1. The van der Waals surface area contributed by atoms with E-state index in [0.29, 0.717) is 17.9 Å². The highest BCUT2D eigenvalue weighted by molar-refractivity contribution is 5.85. The maximum absolute atomic E-state index is 12.0. The Balaban J connectivity index is 1.93. The number of benzene rings is 1. The van der Waals surface area contributed by atoms with Gasteiger partial charge in [-0.1, -0.05) is 25.8 Å². The molecule has 110 valence electrons. The number of hydrogen-bond acceptors (Lipinski definition) is 5. The van der Waals surface area contributed by atoms with Gasteiger partial charge >= 0.3 is 0 Å². The predicted octanol–water partition coefficient (Wildman–Crippen LogP) is 1.41. The highest BCUT2D eigenvalue weighted by atomic mass is 16.7. The highest BCUT2D eigenvalue weighted by Crippen LogP contribution is 2.32. The molecule has 0 aliphatic carbocycles. The van der Waals surface area contributed by atoms with Crippen LogP contribution in [0, 0.1) is 0 Å². The van der Waals surface area contributed by atoms with Crippen molar-refractivity contribution in [1.29, 1.82) is 0 Å². The molecule has 1 aliphatic rings. The second-order valence-corrected chi connectivity index (χ2v) is 5.08. The molecule has 0 saturated carbocycles. The van der Waals surface area contributed by atoms with E-state index in [9.17, 15) is 9.90 Å². The van der Waals surface area contributed by atoms with Crippen LogP contribution in [0.1, 0.15) is 31.7 Å². The molecule has 20 heavy (non-hydrogen) atoms. The van der Waals surface area contributed by atoms with Gasteiger partial charge < -0.3 is 20.3 Å². The summed E-state index contributed by atoms with van der Waals surface area (Å²) in [5.41, 5.74) is 6.63. The van der Waals surface area contributed by atoms with Gasteiger partial charge in [0.15, 0.2) is 17.3 Å². The molecule has 1 aromatic carbocycles. The van der Waals surface area contributed by atoms with Crippen LogP contribution < -0.4 is 15.2 Å². The highest BCUT2D eigenvalue weighted by Gasteiger charge is 2.23. The van der Waals surface area contributed by atoms with Crippen molar-refractivity contribution >= 4 is 5.78 Å². The normalized spacial score (nSPS) is 15.9. The number of carbonyl (C=O) groups excluding carboxylic acids is 1. The zero-order chi connectivity index (χ0) is 14.5.